The molecule has 0 aliphatic rings. The summed E-state index contributed by atoms with van der Waals surface area (Å²) in [7, 11) is 2.20. The molecule has 0 aromatic heterocycles. The van der Waals surface area contributed by atoms with Crippen molar-refractivity contribution in [2.24, 2.45) is 17.6 Å². The molecule has 13 heavy (non-hydrogen) atoms. The van der Waals surface area contributed by atoms with Crippen LogP contribution >= 0.6 is 0 Å². The number of hydrogen-bond acceptors (Lipinski definition) is 2. The van der Waals surface area contributed by atoms with E-state index in [1.165, 1.54) is 13.0 Å². The molecule has 0 radical (unpaired) electrons. The fraction of sp³-hybridized carbons (Fsp3) is 1.00. The van der Waals surface area contributed by atoms with Gasteiger partial charge in [-0.05, 0) is 32.4 Å². The van der Waals surface area contributed by atoms with Crippen LogP contribution in [0, 0.1) is 11.8 Å². The van der Waals surface area contributed by atoms with Crippen LogP contribution in [0.5, 0.6) is 0 Å². The van der Waals surface area contributed by atoms with Gasteiger partial charge in [-0.3, -0.25) is 0 Å². The third kappa shape index (κ3) is 4.63. The minimum absolute atomic E-state index is 0.592. The standard InChI is InChI=1S/C11H26N2/c1-6-9(2)8-13(5)11(4)10(3)7-12/h9-11H,6-8,12H2,1-5H3. The van der Waals surface area contributed by atoms with Gasteiger partial charge in [0, 0.05) is 12.6 Å². The molecule has 0 bridgehead atoms. The largest absolute Gasteiger partial charge is 0.330 e. The molecule has 2 nitrogen and oxygen atoms in total. The first-order chi connectivity index (χ1) is 6.02. The molecule has 3 unspecified atom stereocenters. The van der Waals surface area contributed by atoms with Gasteiger partial charge in [0.25, 0.3) is 0 Å². The molecule has 0 aliphatic carbocycles. The second kappa shape index (κ2) is 6.39. The van der Waals surface area contributed by atoms with Crippen LogP contribution in [0.1, 0.15) is 34.1 Å². The Bertz CT molecular complexity index is 125. The Balaban J connectivity index is 3.87. The summed E-state index contributed by atoms with van der Waals surface area (Å²) in [6.07, 6.45) is 1.26. The number of nitrogens with two attached hydrogens (primary N) is 1. The van der Waals surface area contributed by atoms with Crippen LogP contribution in [-0.4, -0.2) is 31.1 Å². The van der Waals surface area contributed by atoms with E-state index in [1.54, 1.807) is 0 Å². The van der Waals surface area contributed by atoms with Gasteiger partial charge in [0.05, 0.1) is 0 Å². The lowest BCUT2D eigenvalue weighted by molar-refractivity contribution is 0.177. The van der Waals surface area contributed by atoms with Gasteiger partial charge in [0.2, 0.25) is 0 Å². The lowest BCUT2D eigenvalue weighted by atomic mass is 10.0. The maximum absolute atomic E-state index is 5.65. The van der Waals surface area contributed by atoms with Crippen molar-refractivity contribution in [1.82, 2.24) is 4.90 Å². The summed E-state index contributed by atoms with van der Waals surface area (Å²) in [6.45, 7) is 11.0. The molecule has 2 N–H and O–H groups in total. The molecular formula is C11H26N2. The van der Waals surface area contributed by atoms with Gasteiger partial charge >= 0.3 is 0 Å². The maximum atomic E-state index is 5.65. The van der Waals surface area contributed by atoms with Crippen LogP contribution in [0.2, 0.25) is 0 Å². The van der Waals surface area contributed by atoms with Crippen LogP contribution in [0.4, 0.5) is 0 Å². The minimum Gasteiger partial charge on any atom is -0.330 e. The van der Waals surface area contributed by atoms with Crippen molar-refractivity contribution in [3.8, 4) is 0 Å². The molecule has 0 spiro atoms. The van der Waals surface area contributed by atoms with E-state index in [9.17, 15) is 0 Å². The van der Waals surface area contributed by atoms with Gasteiger partial charge in [0.1, 0.15) is 0 Å². The Kier molecular flexibility index (Phi) is 6.35. The van der Waals surface area contributed by atoms with E-state index in [0.717, 1.165) is 12.5 Å². The zero-order valence-corrected chi connectivity index (χ0v) is 9.88. The third-order valence-corrected chi connectivity index (χ3v) is 3.19. The fourth-order valence-electron chi connectivity index (χ4n) is 1.42. The highest BCUT2D eigenvalue weighted by Crippen LogP contribution is 2.11. The normalized spacial score (nSPS) is 18.7. The topological polar surface area (TPSA) is 29.3 Å². The van der Waals surface area contributed by atoms with Gasteiger partial charge in [-0.1, -0.05) is 27.2 Å². The highest BCUT2D eigenvalue weighted by atomic mass is 15.1. The zero-order chi connectivity index (χ0) is 10.4. The van der Waals surface area contributed by atoms with E-state index in [-0.39, 0.29) is 0 Å². The molecule has 2 heteroatoms. The summed E-state index contributed by atoms with van der Waals surface area (Å²) in [5.74, 6) is 1.38. The predicted octanol–water partition coefficient (Wildman–Crippen LogP) is 1.95. The molecule has 0 aromatic carbocycles. The van der Waals surface area contributed by atoms with E-state index >= 15 is 0 Å². The first kappa shape index (κ1) is 12.9. The molecule has 0 saturated carbocycles. The molecule has 0 aliphatic heterocycles. The molecule has 3 atom stereocenters. The summed E-state index contributed by atoms with van der Waals surface area (Å²) in [4.78, 5) is 2.42. The molecule has 0 rings (SSSR count). The smallest absolute Gasteiger partial charge is 0.0102 e. The first-order valence-electron chi connectivity index (χ1n) is 5.43. The Morgan fingerprint density at radius 2 is 1.77 bits per heavy atom. The van der Waals surface area contributed by atoms with Crippen LogP contribution in [0.25, 0.3) is 0 Å². The molecular weight excluding hydrogens is 160 g/mol. The summed E-state index contributed by atoms with van der Waals surface area (Å²) < 4.78 is 0. The Hall–Kier alpha value is -0.0800. The highest BCUT2D eigenvalue weighted by Gasteiger charge is 2.16. The van der Waals surface area contributed by atoms with E-state index in [1.807, 2.05) is 0 Å². The van der Waals surface area contributed by atoms with Crippen molar-refractivity contribution in [2.75, 3.05) is 20.1 Å². The van der Waals surface area contributed by atoms with Gasteiger partial charge in [-0.2, -0.15) is 0 Å². The van der Waals surface area contributed by atoms with Crippen molar-refractivity contribution < 1.29 is 0 Å². The summed E-state index contributed by atoms with van der Waals surface area (Å²) in [6, 6.07) is 0.596. The molecule has 0 heterocycles. The lowest BCUT2D eigenvalue weighted by Gasteiger charge is -2.31. The fourth-order valence-corrected chi connectivity index (χ4v) is 1.42. The maximum Gasteiger partial charge on any atom is 0.0102 e. The van der Waals surface area contributed by atoms with Crippen LogP contribution < -0.4 is 5.73 Å². The van der Waals surface area contributed by atoms with Crippen molar-refractivity contribution in [3.63, 3.8) is 0 Å². The Labute approximate surface area is 83.5 Å². The summed E-state index contributed by atoms with van der Waals surface area (Å²) in [5.41, 5.74) is 5.65. The number of hydrogen-bond donors (Lipinski definition) is 1. The monoisotopic (exact) mass is 186 g/mol. The van der Waals surface area contributed by atoms with Crippen LogP contribution in [0.15, 0.2) is 0 Å². The van der Waals surface area contributed by atoms with Crippen molar-refractivity contribution in [3.05, 3.63) is 0 Å². The van der Waals surface area contributed by atoms with E-state index in [2.05, 4.69) is 39.6 Å². The molecule has 0 aromatic rings. The molecule has 0 amide bonds. The average Bonchev–Trinajstić information content (AvgIpc) is 2.14. The van der Waals surface area contributed by atoms with E-state index in [0.29, 0.717) is 12.0 Å². The predicted molar refractivity (Wildman–Crippen MR) is 59.8 cm³/mol. The number of nitrogens with zero attached hydrogens (tertiary/aromatic N) is 1. The Morgan fingerprint density at radius 3 is 2.15 bits per heavy atom. The van der Waals surface area contributed by atoms with Crippen molar-refractivity contribution in [2.45, 2.75) is 40.2 Å². The summed E-state index contributed by atoms with van der Waals surface area (Å²) >= 11 is 0. The van der Waals surface area contributed by atoms with Crippen molar-refractivity contribution in [1.29, 1.82) is 0 Å². The van der Waals surface area contributed by atoms with Gasteiger partial charge in [0.15, 0.2) is 0 Å². The Morgan fingerprint density at radius 1 is 1.23 bits per heavy atom. The molecule has 80 valence electrons. The van der Waals surface area contributed by atoms with E-state index in [4.69, 9.17) is 5.73 Å². The van der Waals surface area contributed by atoms with E-state index < -0.39 is 0 Å². The third-order valence-electron chi connectivity index (χ3n) is 3.19. The number of rotatable bonds is 6. The van der Waals surface area contributed by atoms with Crippen molar-refractivity contribution >= 4 is 0 Å². The van der Waals surface area contributed by atoms with Gasteiger partial charge < -0.3 is 10.6 Å². The highest BCUT2D eigenvalue weighted by molar-refractivity contribution is 4.71. The van der Waals surface area contributed by atoms with Gasteiger partial charge in [-0.25, -0.2) is 0 Å². The quantitative estimate of drug-likeness (QED) is 0.687. The second-order valence-electron chi connectivity index (χ2n) is 4.41. The van der Waals surface area contributed by atoms with Crippen LogP contribution in [0.3, 0.4) is 0 Å². The molecule has 0 fully saturated rings. The van der Waals surface area contributed by atoms with Crippen LogP contribution in [-0.2, 0) is 0 Å². The van der Waals surface area contributed by atoms with Gasteiger partial charge in [-0.15, -0.1) is 0 Å². The minimum atomic E-state index is 0.592. The first-order valence-corrected chi connectivity index (χ1v) is 5.43. The zero-order valence-electron chi connectivity index (χ0n) is 9.88. The lowest BCUT2D eigenvalue weighted by Crippen LogP contribution is -2.39. The SMILES string of the molecule is CCC(C)CN(C)C(C)C(C)CN. The summed E-state index contributed by atoms with van der Waals surface area (Å²) in [5, 5.41) is 0. The second-order valence-corrected chi connectivity index (χ2v) is 4.41. The molecule has 0 saturated heterocycles. The average molecular weight is 186 g/mol.